The van der Waals surface area contributed by atoms with Gasteiger partial charge in [-0.2, -0.15) is 0 Å². The summed E-state index contributed by atoms with van der Waals surface area (Å²) < 4.78 is 10.6. The molecule has 3 nitrogen and oxygen atoms in total. The van der Waals surface area contributed by atoms with Gasteiger partial charge in [0.1, 0.15) is 5.75 Å². The van der Waals surface area contributed by atoms with Gasteiger partial charge in [0.05, 0.1) is 18.8 Å². The zero-order valence-corrected chi connectivity index (χ0v) is 12.1. The molecule has 0 aliphatic rings. The van der Waals surface area contributed by atoms with Crippen molar-refractivity contribution in [3.63, 3.8) is 0 Å². The number of ether oxygens (including phenoxy) is 2. The molecule has 0 saturated heterocycles. The lowest BCUT2D eigenvalue weighted by Gasteiger charge is -2.26. The summed E-state index contributed by atoms with van der Waals surface area (Å²) in [6.45, 7) is 3.90. The van der Waals surface area contributed by atoms with Crippen molar-refractivity contribution in [2.45, 2.75) is 38.4 Å². The number of hydrogen-bond donors (Lipinski definition) is 1. The first-order chi connectivity index (χ1) is 8.38. The molecule has 1 unspecified atom stereocenters. The summed E-state index contributed by atoms with van der Waals surface area (Å²) >= 11 is 5.96. The highest BCUT2D eigenvalue weighted by atomic mass is 35.5. The summed E-state index contributed by atoms with van der Waals surface area (Å²) in [5.74, 6) is 0.744. The first kappa shape index (κ1) is 15.3. The molecule has 1 atom stereocenters. The molecule has 1 N–H and O–H groups in total. The first-order valence-electron chi connectivity index (χ1n) is 5.93. The van der Waals surface area contributed by atoms with Crippen LogP contribution in [0.15, 0.2) is 18.2 Å². The van der Waals surface area contributed by atoms with Crippen molar-refractivity contribution in [2.24, 2.45) is 0 Å². The van der Waals surface area contributed by atoms with E-state index in [-0.39, 0.29) is 5.60 Å². The Hall–Kier alpha value is -0.770. The van der Waals surface area contributed by atoms with Gasteiger partial charge in [-0.3, -0.25) is 0 Å². The zero-order valence-electron chi connectivity index (χ0n) is 11.4. The van der Waals surface area contributed by atoms with E-state index < -0.39 is 6.10 Å². The molecule has 1 aromatic carbocycles. The van der Waals surface area contributed by atoms with Gasteiger partial charge in [-0.25, -0.2) is 0 Å². The monoisotopic (exact) mass is 272 g/mol. The minimum absolute atomic E-state index is 0.342. The van der Waals surface area contributed by atoms with E-state index in [9.17, 15) is 5.11 Å². The second kappa shape index (κ2) is 6.41. The third-order valence-corrected chi connectivity index (χ3v) is 3.21. The van der Waals surface area contributed by atoms with Crippen molar-refractivity contribution in [2.75, 3.05) is 14.2 Å². The lowest BCUT2D eigenvalue weighted by molar-refractivity contribution is -0.0191. The van der Waals surface area contributed by atoms with E-state index in [1.54, 1.807) is 20.3 Å². The Morgan fingerprint density at radius 3 is 2.56 bits per heavy atom. The molecule has 1 rings (SSSR count). The van der Waals surface area contributed by atoms with Crippen LogP contribution in [0.2, 0.25) is 5.02 Å². The molecule has 102 valence electrons. The van der Waals surface area contributed by atoms with Crippen LogP contribution < -0.4 is 4.74 Å². The minimum atomic E-state index is -0.493. The average molecular weight is 273 g/mol. The molecule has 0 spiro atoms. The number of benzene rings is 1. The lowest BCUT2D eigenvalue weighted by atomic mass is 9.96. The summed E-state index contributed by atoms with van der Waals surface area (Å²) in [6, 6.07) is 5.41. The number of hydrogen-bond acceptors (Lipinski definition) is 3. The fraction of sp³-hybridized carbons (Fsp3) is 0.571. The average Bonchev–Trinajstić information content (AvgIpc) is 2.28. The van der Waals surface area contributed by atoms with Gasteiger partial charge in [-0.1, -0.05) is 11.6 Å². The van der Waals surface area contributed by atoms with Crippen molar-refractivity contribution in [1.29, 1.82) is 0 Å². The highest BCUT2D eigenvalue weighted by Crippen LogP contribution is 2.26. The van der Waals surface area contributed by atoms with Crippen LogP contribution in [-0.2, 0) is 11.2 Å². The standard InChI is InChI=1S/C14H21ClO3/c1-14(2,18-4)9-12(16)8-10-7-11(15)5-6-13(10)17-3/h5-7,12,16H,8-9H2,1-4H3. The minimum Gasteiger partial charge on any atom is -0.496 e. The summed E-state index contributed by atoms with van der Waals surface area (Å²) in [7, 11) is 3.25. The van der Waals surface area contributed by atoms with Crippen molar-refractivity contribution < 1.29 is 14.6 Å². The molecule has 0 aliphatic heterocycles. The van der Waals surface area contributed by atoms with Crippen molar-refractivity contribution in [3.8, 4) is 5.75 Å². The summed E-state index contributed by atoms with van der Waals surface area (Å²) in [5, 5.41) is 10.7. The smallest absolute Gasteiger partial charge is 0.122 e. The van der Waals surface area contributed by atoms with Crippen LogP contribution in [-0.4, -0.2) is 31.0 Å². The highest BCUT2D eigenvalue weighted by molar-refractivity contribution is 6.30. The van der Waals surface area contributed by atoms with E-state index in [4.69, 9.17) is 21.1 Å². The van der Waals surface area contributed by atoms with E-state index in [2.05, 4.69) is 0 Å². The largest absolute Gasteiger partial charge is 0.496 e. The van der Waals surface area contributed by atoms with Crippen LogP contribution in [0.1, 0.15) is 25.8 Å². The maximum atomic E-state index is 10.1. The molecule has 0 saturated carbocycles. The molecular formula is C14H21ClO3. The Bertz CT molecular complexity index is 391. The van der Waals surface area contributed by atoms with Gasteiger partial charge in [0.15, 0.2) is 0 Å². The summed E-state index contributed by atoms with van der Waals surface area (Å²) in [5.41, 5.74) is 0.565. The van der Waals surface area contributed by atoms with Crippen molar-refractivity contribution in [3.05, 3.63) is 28.8 Å². The maximum absolute atomic E-state index is 10.1. The van der Waals surface area contributed by atoms with Crippen LogP contribution in [0.3, 0.4) is 0 Å². The normalized spacial score (nSPS) is 13.4. The van der Waals surface area contributed by atoms with Crippen LogP contribution in [0.25, 0.3) is 0 Å². The number of halogens is 1. The van der Waals surface area contributed by atoms with Crippen LogP contribution in [0, 0.1) is 0 Å². The third-order valence-electron chi connectivity index (χ3n) is 2.98. The molecule has 18 heavy (non-hydrogen) atoms. The molecule has 0 bridgehead atoms. The highest BCUT2D eigenvalue weighted by Gasteiger charge is 2.22. The molecule has 1 aromatic rings. The number of methoxy groups -OCH3 is 2. The zero-order chi connectivity index (χ0) is 13.8. The molecule has 0 aliphatic carbocycles. The Balaban J connectivity index is 2.75. The Morgan fingerprint density at radius 1 is 1.33 bits per heavy atom. The molecule has 0 radical (unpaired) electrons. The number of rotatable bonds is 6. The van der Waals surface area contributed by atoms with Gasteiger partial charge in [0, 0.05) is 25.0 Å². The maximum Gasteiger partial charge on any atom is 0.122 e. The fourth-order valence-electron chi connectivity index (χ4n) is 1.88. The second-order valence-corrected chi connectivity index (χ2v) is 5.42. The Kier molecular flexibility index (Phi) is 5.45. The molecule has 0 fully saturated rings. The van der Waals surface area contributed by atoms with Crippen molar-refractivity contribution >= 4 is 11.6 Å². The van der Waals surface area contributed by atoms with Gasteiger partial charge >= 0.3 is 0 Å². The van der Waals surface area contributed by atoms with Gasteiger partial charge in [-0.15, -0.1) is 0 Å². The number of aliphatic hydroxyl groups excluding tert-OH is 1. The first-order valence-corrected chi connectivity index (χ1v) is 6.31. The third kappa shape index (κ3) is 4.48. The van der Waals surface area contributed by atoms with Crippen LogP contribution in [0.5, 0.6) is 5.75 Å². The van der Waals surface area contributed by atoms with Crippen molar-refractivity contribution in [1.82, 2.24) is 0 Å². The van der Waals surface area contributed by atoms with Gasteiger partial charge < -0.3 is 14.6 Å². The van der Waals surface area contributed by atoms with Gasteiger partial charge in [0.2, 0.25) is 0 Å². The summed E-state index contributed by atoms with van der Waals surface area (Å²) in [4.78, 5) is 0. The Labute approximate surface area is 114 Å². The van der Waals surface area contributed by atoms with E-state index in [1.807, 2.05) is 26.0 Å². The topological polar surface area (TPSA) is 38.7 Å². The molecule has 4 heteroatoms. The van der Waals surface area contributed by atoms with E-state index in [0.717, 1.165) is 11.3 Å². The van der Waals surface area contributed by atoms with Crippen LogP contribution in [0.4, 0.5) is 0 Å². The molecule has 0 aromatic heterocycles. The van der Waals surface area contributed by atoms with E-state index in [1.165, 1.54) is 0 Å². The predicted molar refractivity (Wildman–Crippen MR) is 73.4 cm³/mol. The quantitative estimate of drug-likeness (QED) is 0.865. The fourth-order valence-corrected chi connectivity index (χ4v) is 2.08. The van der Waals surface area contributed by atoms with Gasteiger partial charge in [-0.05, 0) is 37.6 Å². The SMILES string of the molecule is COc1ccc(Cl)cc1CC(O)CC(C)(C)OC. The van der Waals surface area contributed by atoms with Crippen LogP contribution >= 0.6 is 11.6 Å². The number of aliphatic hydroxyl groups is 1. The second-order valence-electron chi connectivity index (χ2n) is 4.98. The summed E-state index contributed by atoms with van der Waals surface area (Å²) in [6.07, 6.45) is 0.558. The van der Waals surface area contributed by atoms with Gasteiger partial charge in [0.25, 0.3) is 0 Å². The predicted octanol–water partition coefficient (Wildman–Crippen LogP) is 3.07. The van der Waals surface area contributed by atoms with E-state index >= 15 is 0 Å². The lowest BCUT2D eigenvalue weighted by Crippen LogP contribution is -2.29. The molecule has 0 heterocycles. The Morgan fingerprint density at radius 2 is 2.00 bits per heavy atom. The molecule has 0 amide bonds. The molecular weight excluding hydrogens is 252 g/mol. The van der Waals surface area contributed by atoms with E-state index in [0.29, 0.717) is 17.9 Å².